The first-order valence-electron chi connectivity index (χ1n) is 4.59. The number of pyridine rings is 1. The van der Waals surface area contributed by atoms with E-state index in [1.807, 2.05) is 20.8 Å². The van der Waals surface area contributed by atoms with Crippen LogP contribution >= 0.6 is 0 Å². The summed E-state index contributed by atoms with van der Waals surface area (Å²) >= 11 is 0. The van der Waals surface area contributed by atoms with E-state index in [1.165, 1.54) is 0 Å². The molecule has 15 heavy (non-hydrogen) atoms. The van der Waals surface area contributed by atoms with Crippen molar-refractivity contribution < 1.29 is 8.42 Å². The maximum atomic E-state index is 11.4. The molecule has 0 radical (unpaired) electrons. The second-order valence-corrected chi connectivity index (χ2v) is 6.54. The van der Waals surface area contributed by atoms with Gasteiger partial charge >= 0.3 is 0 Å². The van der Waals surface area contributed by atoms with Gasteiger partial charge in [-0.2, -0.15) is 0 Å². The van der Waals surface area contributed by atoms with Crippen molar-refractivity contribution in [3.8, 4) is 0 Å². The third-order valence-corrected chi connectivity index (χ3v) is 3.04. The highest BCUT2D eigenvalue weighted by Crippen LogP contribution is 2.24. The highest BCUT2D eigenvalue weighted by Gasteiger charge is 2.20. The van der Waals surface area contributed by atoms with Crippen LogP contribution in [0.15, 0.2) is 17.2 Å². The first kappa shape index (κ1) is 12.0. The highest BCUT2D eigenvalue weighted by molar-refractivity contribution is 7.90. The van der Waals surface area contributed by atoms with Crippen molar-refractivity contribution in [1.82, 2.24) is 4.98 Å². The lowest BCUT2D eigenvalue weighted by molar-refractivity contribution is 0.558. The Morgan fingerprint density at radius 3 is 2.20 bits per heavy atom. The maximum absolute atomic E-state index is 11.4. The van der Waals surface area contributed by atoms with Gasteiger partial charge in [0.1, 0.15) is 0 Å². The molecule has 1 heterocycles. The number of hydrogen-bond acceptors (Lipinski definition) is 4. The first-order chi connectivity index (χ1) is 6.62. The molecule has 0 aliphatic heterocycles. The fourth-order valence-corrected chi connectivity index (χ4v) is 1.93. The van der Waals surface area contributed by atoms with Crippen LogP contribution in [0.25, 0.3) is 0 Å². The minimum absolute atomic E-state index is 0.0325. The van der Waals surface area contributed by atoms with E-state index < -0.39 is 9.84 Å². The smallest absolute Gasteiger partial charge is 0.194 e. The molecule has 1 rings (SSSR count). The van der Waals surface area contributed by atoms with Gasteiger partial charge in [-0.1, -0.05) is 20.8 Å². The lowest BCUT2D eigenvalue weighted by atomic mass is 9.92. The van der Waals surface area contributed by atoms with Crippen molar-refractivity contribution in [2.24, 2.45) is 0 Å². The van der Waals surface area contributed by atoms with Gasteiger partial charge in [0.25, 0.3) is 0 Å². The molecule has 0 aliphatic rings. The summed E-state index contributed by atoms with van der Waals surface area (Å²) < 4.78 is 22.8. The Morgan fingerprint density at radius 1 is 1.27 bits per heavy atom. The van der Waals surface area contributed by atoms with Crippen molar-refractivity contribution in [3.05, 3.63) is 17.8 Å². The van der Waals surface area contributed by atoms with Crippen LogP contribution < -0.4 is 5.73 Å². The minimum Gasteiger partial charge on any atom is -0.396 e. The third kappa shape index (κ3) is 2.68. The zero-order chi connectivity index (χ0) is 11.9. The van der Waals surface area contributed by atoms with Gasteiger partial charge < -0.3 is 5.73 Å². The number of sulfone groups is 1. The number of nitrogens with two attached hydrogens (primary N) is 1. The van der Waals surface area contributed by atoms with Crippen molar-refractivity contribution in [2.75, 3.05) is 12.0 Å². The number of anilines is 1. The van der Waals surface area contributed by atoms with Crippen LogP contribution in [0.5, 0.6) is 0 Å². The summed E-state index contributed by atoms with van der Waals surface area (Å²) in [7, 11) is -3.35. The van der Waals surface area contributed by atoms with E-state index >= 15 is 0 Å². The Bertz CT molecular complexity index is 473. The van der Waals surface area contributed by atoms with Crippen molar-refractivity contribution in [3.63, 3.8) is 0 Å². The molecule has 0 amide bonds. The average Bonchev–Trinajstić information content (AvgIpc) is 2.00. The molecule has 0 saturated carbocycles. The average molecular weight is 228 g/mol. The van der Waals surface area contributed by atoms with Crippen LogP contribution in [0.3, 0.4) is 0 Å². The molecule has 1 aromatic heterocycles. The zero-order valence-corrected chi connectivity index (χ0v) is 10.2. The molecule has 0 unspecified atom stereocenters. The Hall–Kier alpha value is -1.10. The van der Waals surface area contributed by atoms with Crippen molar-refractivity contribution in [1.29, 1.82) is 0 Å². The number of aromatic nitrogens is 1. The Balaban J connectivity index is 3.43. The molecule has 5 heteroatoms. The second-order valence-electron chi connectivity index (χ2n) is 4.61. The summed E-state index contributed by atoms with van der Waals surface area (Å²) in [6, 6.07) is 3.34. The Labute approximate surface area is 90.4 Å². The van der Waals surface area contributed by atoms with Crippen LogP contribution in [-0.4, -0.2) is 19.7 Å². The summed E-state index contributed by atoms with van der Waals surface area (Å²) in [6.07, 6.45) is 1.11. The standard InChI is InChI=1S/C10H16N2O2S/c1-10(2,3)8-6-5-7(11)9(12-8)15(4,13)14/h5-6H,11H2,1-4H3. The molecule has 4 nitrogen and oxygen atoms in total. The molecular weight excluding hydrogens is 212 g/mol. The maximum Gasteiger partial charge on any atom is 0.194 e. The predicted molar refractivity (Wildman–Crippen MR) is 60.5 cm³/mol. The third-order valence-electron chi connectivity index (χ3n) is 2.01. The largest absolute Gasteiger partial charge is 0.396 e. The molecule has 0 aliphatic carbocycles. The van der Waals surface area contributed by atoms with Gasteiger partial charge in [0.15, 0.2) is 14.9 Å². The normalized spacial score (nSPS) is 12.8. The topological polar surface area (TPSA) is 73.1 Å². The summed E-state index contributed by atoms with van der Waals surface area (Å²) in [6.45, 7) is 5.91. The highest BCUT2D eigenvalue weighted by atomic mass is 32.2. The van der Waals surface area contributed by atoms with E-state index in [-0.39, 0.29) is 16.1 Å². The monoisotopic (exact) mass is 228 g/mol. The second kappa shape index (κ2) is 3.48. The molecule has 2 N–H and O–H groups in total. The summed E-state index contributed by atoms with van der Waals surface area (Å²) in [5.41, 5.74) is 6.31. The van der Waals surface area contributed by atoms with Crippen molar-refractivity contribution >= 4 is 15.5 Å². The first-order valence-corrected chi connectivity index (χ1v) is 6.48. The molecule has 0 atom stereocenters. The van der Waals surface area contributed by atoms with Gasteiger partial charge in [-0.3, -0.25) is 0 Å². The molecule has 84 valence electrons. The number of rotatable bonds is 1. The summed E-state index contributed by atoms with van der Waals surface area (Å²) in [4.78, 5) is 4.10. The number of hydrogen-bond donors (Lipinski definition) is 1. The lowest BCUT2D eigenvalue weighted by Crippen LogP contribution is -2.16. The zero-order valence-electron chi connectivity index (χ0n) is 9.40. The molecule has 0 saturated heterocycles. The van der Waals surface area contributed by atoms with Crippen LogP contribution in [0, 0.1) is 0 Å². The van der Waals surface area contributed by atoms with E-state index in [1.54, 1.807) is 12.1 Å². The van der Waals surface area contributed by atoms with Gasteiger partial charge in [-0.25, -0.2) is 13.4 Å². The van der Waals surface area contributed by atoms with E-state index in [2.05, 4.69) is 4.98 Å². The van der Waals surface area contributed by atoms with Crippen LogP contribution in [0.4, 0.5) is 5.69 Å². The predicted octanol–water partition coefficient (Wildman–Crippen LogP) is 1.36. The minimum atomic E-state index is -3.35. The van der Waals surface area contributed by atoms with Gasteiger partial charge in [0, 0.05) is 17.4 Å². The molecule has 0 spiro atoms. The summed E-state index contributed by atoms with van der Waals surface area (Å²) in [5.74, 6) is 0. The van der Waals surface area contributed by atoms with E-state index in [9.17, 15) is 8.42 Å². The Morgan fingerprint density at radius 2 is 1.80 bits per heavy atom. The van der Waals surface area contributed by atoms with Gasteiger partial charge in [0.2, 0.25) is 0 Å². The van der Waals surface area contributed by atoms with E-state index in [4.69, 9.17) is 5.73 Å². The molecular formula is C10H16N2O2S. The van der Waals surface area contributed by atoms with Gasteiger partial charge in [-0.05, 0) is 12.1 Å². The quantitative estimate of drug-likeness (QED) is 0.787. The lowest BCUT2D eigenvalue weighted by Gasteiger charge is -2.18. The van der Waals surface area contributed by atoms with Crippen LogP contribution in [0.2, 0.25) is 0 Å². The number of nitrogen functional groups attached to an aromatic ring is 1. The molecule has 0 aromatic carbocycles. The number of nitrogens with zero attached hydrogens (tertiary/aromatic N) is 1. The van der Waals surface area contributed by atoms with E-state index in [0.29, 0.717) is 0 Å². The summed E-state index contributed by atoms with van der Waals surface area (Å²) in [5, 5.41) is -0.0325. The van der Waals surface area contributed by atoms with Crippen molar-refractivity contribution in [2.45, 2.75) is 31.2 Å². The van der Waals surface area contributed by atoms with Crippen LogP contribution in [-0.2, 0) is 15.3 Å². The van der Waals surface area contributed by atoms with Gasteiger partial charge in [0.05, 0.1) is 5.69 Å². The molecule has 1 aromatic rings. The van der Waals surface area contributed by atoms with Crippen LogP contribution in [0.1, 0.15) is 26.5 Å². The molecule has 0 bridgehead atoms. The SMILES string of the molecule is CC(C)(C)c1ccc(N)c(S(C)(=O)=O)n1. The fourth-order valence-electron chi connectivity index (χ4n) is 1.17. The molecule has 0 fully saturated rings. The fraction of sp³-hybridized carbons (Fsp3) is 0.500. The van der Waals surface area contributed by atoms with Gasteiger partial charge in [-0.15, -0.1) is 0 Å². The Kier molecular flexibility index (Phi) is 2.78. The van der Waals surface area contributed by atoms with E-state index in [0.717, 1.165) is 11.9 Å².